The van der Waals surface area contributed by atoms with Crippen molar-refractivity contribution >= 4 is 17.5 Å². The van der Waals surface area contributed by atoms with E-state index in [0.717, 1.165) is 12.0 Å². The van der Waals surface area contributed by atoms with Crippen LogP contribution >= 0.6 is 0 Å². The summed E-state index contributed by atoms with van der Waals surface area (Å²) in [5.41, 5.74) is 1.79. The number of benzene rings is 1. The number of nitrogens with one attached hydrogen (secondary N) is 2. The molecule has 3 rings (SSSR count). The lowest BCUT2D eigenvalue weighted by molar-refractivity contribution is 0.624. The van der Waals surface area contributed by atoms with Crippen LogP contribution in [0.5, 0.6) is 0 Å². The summed E-state index contributed by atoms with van der Waals surface area (Å²) in [6.07, 6.45) is 4.31. The maximum atomic E-state index is 13.9. The molecule has 0 aliphatic heterocycles. The van der Waals surface area contributed by atoms with E-state index in [1.54, 1.807) is 30.6 Å². The molecule has 0 fully saturated rings. The average molecular weight is 362 g/mol. The van der Waals surface area contributed by atoms with Gasteiger partial charge < -0.3 is 10.6 Å². The second-order valence-corrected chi connectivity index (χ2v) is 6.06. The smallest absolute Gasteiger partial charge is 0.225 e. The fourth-order valence-corrected chi connectivity index (χ4v) is 2.44. The van der Waals surface area contributed by atoms with Gasteiger partial charge in [-0.15, -0.1) is 0 Å². The average Bonchev–Trinajstić information content (AvgIpc) is 2.68. The van der Waals surface area contributed by atoms with Gasteiger partial charge in [-0.05, 0) is 37.6 Å². The number of nitrogens with zero attached hydrogens (tertiary/aromatic N) is 4. The molecule has 3 aromatic rings. The number of hydrogen-bond acceptors (Lipinski definition) is 6. The Hall–Kier alpha value is -3.53. The van der Waals surface area contributed by atoms with E-state index in [4.69, 9.17) is 0 Å². The Balaban J connectivity index is 2.03. The van der Waals surface area contributed by atoms with Crippen LogP contribution in [0, 0.1) is 17.1 Å². The number of rotatable bonds is 6. The molecule has 136 valence electrons. The highest BCUT2D eigenvalue weighted by atomic mass is 19.1. The Bertz CT molecular complexity index is 968. The van der Waals surface area contributed by atoms with Crippen molar-refractivity contribution in [3.63, 3.8) is 0 Å². The Morgan fingerprint density at radius 2 is 2.07 bits per heavy atom. The first-order valence-electron chi connectivity index (χ1n) is 8.62. The first kappa shape index (κ1) is 18.3. The van der Waals surface area contributed by atoms with Crippen molar-refractivity contribution < 1.29 is 4.39 Å². The fraction of sp³-hybridized carbons (Fsp3) is 0.200. The molecule has 6 nitrogen and oxygen atoms in total. The maximum absolute atomic E-state index is 13.9. The van der Waals surface area contributed by atoms with Crippen molar-refractivity contribution in [3.8, 4) is 17.3 Å². The van der Waals surface area contributed by atoms with Gasteiger partial charge in [0.05, 0.1) is 11.4 Å². The highest BCUT2D eigenvalue weighted by molar-refractivity contribution is 5.69. The molecule has 0 saturated carbocycles. The molecule has 0 aliphatic carbocycles. The molecule has 1 atom stereocenters. The number of pyridine rings is 1. The minimum absolute atomic E-state index is 0.0597. The first-order valence-corrected chi connectivity index (χ1v) is 8.62. The zero-order valence-electron chi connectivity index (χ0n) is 15.1. The molecular formula is C20H19FN6. The lowest BCUT2D eigenvalue weighted by Crippen LogP contribution is -2.16. The number of anilines is 3. The maximum Gasteiger partial charge on any atom is 0.225 e. The van der Waals surface area contributed by atoms with Crippen molar-refractivity contribution in [1.82, 2.24) is 15.0 Å². The predicted octanol–water partition coefficient (Wildman–Crippen LogP) is 4.50. The third-order valence-corrected chi connectivity index (χ3v) is 4.06. The zero-order chi connectivity index (χ0) is 19.2. The summed E-state index contributed by atoms with van der Waals surface area (Å²) in [7, 11) is 0. The molecule has 0 radical (unpaired) electrons. The molecule has 0 saturated heterocycles. The summed E-state index contributed by atoms with van der Waals surface area (Å²) in [5, 5.41) is 15.5. The number of nitriles is 1. The molecule has 2 N–H and O–H groups in total. The molecule has 1 aromatic carbocycles. The molecule has 0 amide bonds. The minimum atomic E-state index is -0.581. The van der Waals surface area contributed by atoms with Gasteiger partial charge in [0.2, 0.25) is 5.95 Å². The van der Waals surface area contributed by atoms with E-state index in [1.807, 2.05) is 25.1 Å². The summed E-state index contributed by atoms with van der Waals surface area (Å²) < 4.78 is 13.9. The van der Waals surface area contributed by atoms with E-state index in [1.165, 1.54) is 6.07 Å². The van der Waals surface area contributed by atoms with E-state index in [-0.39, 0.29) is 11.6 Å². The summed E-state index contributed by atoms with van der Waals surface area (Å²) >= 11 is 0. The van der Waals surface area contributed by atoms with Crippen LogP contribution in [0.2, 0.25) is 0 Å². The quantitative estimate of drug-likeness (QED) is 0.671. The van der Waals surface area contributed by atoms with Crippen LogP contribution in [0.25, 0.3) is 11.3 Å². The third-order valence-electron chi connectivity index (χ3n) is 4.06. The van der Waals surface area contributed by atoms with Crippen LogP contribution in [0.15, 0.2) is 48.8 Å². The Morgan fingerprint density at radius 3 is 2.78 bits per heavy atom. The Morgan fingerprint density at radius 1 is 1.22 bits per heavy atom. The van der Waals surface area contributed by atoms with E-state index < -0.39 is 5.82 Å². The summed E-state index contributed by atoms with van der Waals surface area (Å²) in [4.78, 5) is 13.1. The lowest BCUT2D eigenvalue weighted by atomic mass is 10.1. The van der Waals surface area contributed by atoms with Crippen molar-refractivity contribution in [3.05, 3.63) is 60.2 Å². The van der Waals surface area contributed by atoms with Crippen LogP contribution in [-0.4, -0.2) is 21.0 Å². The van der Waals surface area contributed by atoms with Gasteiger partial charge in [-0.2, -0.15) is 10.2 Å². The van der Waals surface area contributed by atoms with Crippen LogP contribution in [0.1, 0.15) is 25.8 Å². The van der Waals surface area contributed by atoms with Crippen LogP contribution in [0.3, 0.4) is 0 Å². The predicted molar refractivity (Wildman–Crippen MR) is 103 cm³/mol. The zero-order valence-corrected chi connectivity index (χ0v) is 15.1. The third kappa shape index (κ3) is 4.36. The van der Waals surface area contributed by atoms with Crippen molar-refractivity contribution in [2.24, 2.45) is 0 Å². The topological polar surface area (TPSA) is 86.5 Å². The van der Waals surface area contributed by atoms with Gasteiger partial charge >= 0.3 is 0 Å². The van der Waals surface area contributed by atoms with E-state index in [9.17, 15) is 9.65 Å². The van der Waals surface area contributed by atoms with Gasteiger partial charge in [0, 0.05) is 30.1 Å². The lowest BCUT2D eigenvalue weighted by Gasteiger charge is -2.15. The Labute approximate surface area is 157 Å². The van der Waals surface area contributed by atoms with Crippen LogP contribution in [-0.2, 0) is 0 Å². The first-order chi connectivity index (χ1) is 13.1. The SMILES string of the molecule is CC[C@H](C)Nc1nc(Nc2cccc(F)c2C#N)cc(-c2cccnc2)n1. The van der Waals surface area contributed by atoms with Gasteiger partial charge in [0.15, 0.2) is 0 Å². The van der Waals surface area contributed by atoms with Crippen molar-refractivity contribution in [1.29, 1.82) is 5.26 Å². The molecule has 2 heterocycles. The van der Waals surface area contributed by atoms with Crippen LogP contribution < -0.4 is 10.6 Å². The minimum Gasteiger partial charge on any atom is -0.352 e. The van der Waals surface area contributed by atoms with E-state index in [0.29, 0.717) is 23.1 Å². The summed E-state index contributed by atoms with van der Waals surface area (Å²) in [6, 6.07) is 12.0. The van der Waals surface area contributed by atoms with Crippen LogP contribution in [0.4, 0.5) is 21.8 Å². The van der Waals surface area contributed by atoms with Gasteiger partial charge in [-0.1, -0.05) is 13.0 Å². The number of hydrogen-bond donors (Lipinski definition) is 2. The highest BCUT2D eigenvalue weighted by Crippen LogP contribution is 2.26. The van der Waals surface area contributed by atoms with E-state index in [2.05, 4.69) is 32.5 Å². The highest BCUT2D eigenvalue weighted by Gasteiger charge is 2.12. The summed E-state index contributed by atoms with van der Waals surface area (Å²) in [6.45, 7) is 4.10. The molecule has 7 heteroatoms. The second-order valence-electron chi connectivity index (χ2n) is 6.06. The normalized spacial score (nSPS) is 11.5. The van der Waals surface area contributed by atoms with Gasteiger partial charge in [-0.25, -0.2) is 9.37 Å². The van der Waals surface area contributed by atoms with E-state index >= 15 is 0 Å². The molecule has 0 spiro atoms. The largest absolute Gasteiger partial charge is 0.352 e. The monoisotopic (exact) mass is 362 g/mol. The Kier molecular flexibility index (Phi) is 5.57. The number of halogens is 1. The molecule has 0 unspecified atom stereocenters. The van der Waals surface area contributed by atoms with Gasteiger partial charge in [0.1, 0.15) is 23.3 Å². The standard InChI is InChI=1S/C20H19FN6/c1-3-13(2)24-20-26-18(14-6-5-9-23-12-14)10-19(27-20)25-17-8-4-7-16(21)15(17)11-22/h4-10,12-13H,3H2,1-2H3,(H2,24,25,26,27)/t13-/m0/s1. The van der Waals surface area contributed by atoms with Crippen molar-refractivity contribution in [2.75, 3.05) is 10.6 Å². The molecule has 0 aliphatic rings. The molecule has 2 aromatic heterocycles. The second kappa shape index (κ2) is 8.23. The molecule has 27 heavy (non-hydrogen) atoms. The molecule has 0 bridgehead atoms. The fourth-order valence-electron chi connectivity index (χ4n) is 2.44. The van der Waals surface area contributed by atoms with Crippen molar-refractivity contribution in [2.45, 2.75) is 26.3 Å². The number of aromatic nitrogens is 3. The van der Waals surface area contributed by atoms with Gasteiger partial charge in [-0.3, -0.25) is 4.98 Å². The summed E-state index contributed by atoms with van der Waals surface area (Å²) in [5.74, 6) is 0.321. The molecular weight excluding hydrogens is 343 g/mol. The van der Waals surface area contributed by atoms with Gasteiger partial charge in [0.25, 0.3) is 0 Å².